The number of aryl methyl sites for hydroxylation is 1. The fourth-order valence-corrected chi connectivity index (χ4v) is 2.47. The van der Waals surface area contributed by atoms with Crippen molar-refractivity contribution in [3.63, 3.8) is 0 Å². The van der Waals surface area contributed by atoms with Crippen LogP contribution in [0.1, 0.15) is 117 Å². The monoisotopic (exact) mass is 384 g/mol. The molecular weight excluding hydrogens is 336 g/mol. The van der Waals surface area contributed by atoms with Crippen LogP contribution in [0, 0.1) is 6.92 Å². The Labute approximate surface area is 177 Å². The van der Waals surface area contributed by atoms with Crippen LogP contribution in [0.3, 0.4) is 0 Å². The predicted octanol–water partition coefficient (Wildman–Crippen LogP) is 9.67. The van der Waals surface area contributed by atoms with E-state index in [-0.39, 0.29) is 0 Å². The predicted molar refractivity (Wildman–Crippen MR) is 132 cm³/mol. The van der Waals surface area contributed by atoms with Gasteiger partial charge in [-0.1, -0.05) is 130 Å². The van der Waals surface area contributed by atoms with Crippen LogP contribution in [-0.2, 0) is 5.41 Å². The first-order chi connectivity index (χ1) is 13.2. The number of benzene rings is 2. The van der Waals surface area contributed by atoms with Crippen LogP contribution < -0.4 is 0 Å². The molecule has 0 nitrogen and oxygen atoms in total. The van der Waals surface area contributed by atoms with E-state index in [1.165, 1.54) is 28.7 Å². The fraction of sp³-hybridized carbons (Fsp3) is 0.571. The quantitative estimate of drug-likeness (QED) is 0.492. The third-order valence-corrected chi connectivity index (χ3v) is 4.99. The van der Waals surface area contributed by atoms with Gasteiger partial charge in [-0.25, -0.2) is 0 Å². The lowest BCUT2D eigenvalue weighted by Crippen LogP contribution is -2.15. The van der Waals surface area contributed by atoms with Crippen molar-refractivity contribution >= 4 is 0 Å². The third kappa shape index (κ3) is 10.7. The molecule has 0 saturated carbocycles. The summed E-state index contributed by atoms with van der Waals surface area (Å²) in [6, 6.07) is 17.8. The van der Waals surface area contributed by atoms with Crippen LogP contribution in [0.25, 0.3) is 0 Å². The van der Waals surface area contributed by atoms with Gasteiger partial charge in [0.25, 0.3) is 0 Å². The van der Waals surface area contributed by atoms with Crippen molar-refractivity contribution in [3.8, 4) is 0 Å². The summed E-state index contributed by atoms with van der Waals surface area (Å²) in [6.07, 6.45) is 1.19. The zero-order valence-corrected chi connectivity index (χ0v) is 21.0. The smallest absolute Gasteiger partial charge is 0.0106 e. The number of hydrogen-bond donors (Lipinski definition) is 0. The molecule has 0 heterocycles. The first-order valence-electron chi connectivity index (χ1n) is 11.3. The maximum absolute atomic E-state index is 2.30. The van der Waals surface area contributed by atoms with Crippen molar-refractivity contribution in [1.82, 2.24) is 0 Å². The minimum Gasteiger partial charge on any atom is -0.0683 e. The van der Waals surface area contributed by atoms with E-state index in [0.29, 0.717) is 17.3 Å². The van der Waals surface area contributed by atoms with E-state index in [1.807, 2.05) is 27.7 Å². The van der Waals surface area contributed by atoms with Gasteiger partial charge in [0.15, 0.2) is 0 Å². The third-order valence-electron chi connectivity index (χ3n) is 4.99. The van der Waals surface area contributed by atoms with E-state index in [9.17, 15) is 0 Å². The Balaban J connectivity index is 0. The van der Waals surface area contributed by atoms with E-state index >= 15 is 0 Å². The van der Waals surface area contributed by atoms with Crippen LogP contribution in [0.15, 0.2) is 48.5 Å². The highest BCUT2D eigenvalue weighted by Gasteiger charge is 2.17. The summed E-state index contributed by atoms with van der Waals surface area (Å²) in [5.41, 5.74) is 5.95. The van der Waals surface area contributed by atoms with Gasteiger partial charge in [0.05, 0.1) is 0 Å². The molecule has 160 valence electrons. The molecule has 0 saturated heterocycles. The van der Waals surface area contributed by atoms with Crippen LogP contribution in [0.5, 0.6) is 0 Å². The Kier molecular flexibility index (Phi) is 15.7. The number of hydrogen-bond acceptors (Lipinski definition) is 0. The van der Waals surface area contributed by atoms with Gasteiger partial charge in [-0.15, -0.1) is 0 Å². The van der Waals surface area contributed by atoms with E-state index in [0.717, 1.165) is 0 Å². The van der Waals surface area contributed by atoms with Gasteiger partial charge < -0.3 is 0 Å². The van der Waals surface area contributed by atoms with E-state index in [4.69, 9.17) is 0 Å². The molecule has 2 aromatic rings. The maximum Gasteiger partial charge on any atom is -0.0106 e. The van der Waals surface area contributed by atoms with Crippen molar-refractivity contribution in [1.29, 1.82) is 0 Å². The standard InChI is InChI=1S/C14H22.C10H14.2C2H6/c1-6-14(4,5)13-9-7-12(8-10-13)11(2)3;1-8(2)10-6-4-9(3)5-7-10;2*1-2/h7-11H,6H2,1-5H3;4-8H,1-3H3;2*1-2H3. The molecule has 0 amide bonds. The first kappa shape index (κ1) is 28.6. The highest BCUT2D eigenvalue weighted by atomic mass is 14.2. The highest BCUT2D eigenvalue weighted by molar-refractivity contribution is 5.29. The molecule has 0 N–H and O–H groups in total. The number of rotatable bonds is 4. The molecular formula is C28H48. The zero-order chi connectivity index (χ0) is 22.3. The molecule has 0 spiro atoms. The molecule has 28 heavy (non-hydrogen) atoms. The Morgan fingerprint density at radius 3 is 1.25 bits per heavy atom. The van der Waals surface area contributed by atoms with Gasteiger partial charge in [-0.3, -0.25) is 0 Å². The normalized spacial score (nSPS) is 10.2. The second-order valence-electron chi connectivity index (χ2n) is 8.08. The van der Waals surface area contributed by atoms with Gasteiger partial charge in [0.1, 0.15) is 0 Å². The molecule has 0 aliphatic heterocycles. The van der Waals surface area contributed by atoms with Crippen LogP contribution in [-0.4, -0.2) is 0 Å². The van der Waals surface area contributed by atoms with Crippen LogP contribution >= 0.6 is 0 Å². The average molecular weight is 385 g/mol. The van der Waals surface area contributed by atoms with Crippen molar-refractivity contribution in [3.05, 3.63) is 70.8 Å². The molecule has 2 aromatic carbocycles. The molecule has 0 atom stereocenters. The first-order valence-corrected chi connectivity index (χ1v) is 11.3. The van der Waals surface area contributed by atoms with Gasteiger partial charge in [0.2, 0.25) is 0 Å². The van der Waals surface area contributed by atoms with Gasteiger partial charge >= 0.3 is 0 Å². The lowest BCUT2D eigenvalue weighted by atomic mass is 9.81. The lowest BCUT2D eigenvalue weighted by molar-refractivity contribution is 0.506. The summed E-state index contributed by atoms with van der Waals surface area (Å²) in [7, 11) is 0. The zero-order valence-electron chi connectivity index (χ0n) is 21.0. The maximum atomic E-state index is 2.30. The van der Waals surface area contributed by atoms with E-state index in [1.54, 1.807) is 0 Å². The summed E-state index contributed by atoms with van der Waals surface area (Å²) in [5, 5.41) is 0. The van der Waals surface area contributed by atoms with Crippen molar-refractivity contribution in [2.75, 3.05) is 0 Å². The Hall–Kier alpha value is -1.56. The molecule has 0 bridgehead atoms. The highest BCUT2D eigenvalue weighted by Crippen LogP contribution is 2.27. The van der Waals surface area contributed by atoms with E-state index in [2.05, 4.69) is 104 Å². The van der Waals surface area contributed by atoms with Gasteiger partial charge in [0, 0.05) is 0 Å². The SMILES string of the molecule is CC.CC.CCC(C)(C)c1ccc(C(C)C)cc1.Cc1ccc(C(C)C)cc1. The largest absolute Gasteiger partial charge is 0.0683 e. The fourth-order valence-electron chi connectivity index (χ4n) is 2.47. The Morgan fingerprint density at radius 2 is 0.964 bits per heavy atom. The Bertz CT molecular complexity index is 583. The average Bonchev–Trinajstić information content (AvgIpc) is 2.72. The molecule has 2 rings (SSSR count). The van der Waals surface area contributed by atoms with Crippen molar-refractivity contribution < 1.29 is 0 Å². The van der Waals surface area contributed by atoms with Gasteiger partial charge in [-0.2, -0.15) is 0 Å². The van der Waals surface area contributed by atoms with Gasteiger partial charge in [-0.05, 0) is 47.3 Å². The van der Waals surface area contributed by atoms with Crippen LogP contribution in [0.2, 0.25) is 0 Å². The summed E-state index contributed by atoms with van der Waals surface area (Å²) in [6.45, 7) is 25.9. The molecule has 0 fully saturated rings. The van der Waals surface area contributed by atoms with Crippen molar-refractivity contribution in [2.24, 2.45) is 0 Å². The summed E-state index contributed by atoms with van der Waals surface area (Å²) in [5.74, 6) is 1.29. The lowest BCUT2D eigenvalue weighted by Gasteiger charge is -2.23. The minimum atomic E-state index is 0.315. The summed E-state index contributed by atoms with van der Waals surface area (Å²) < 4.78 is 0. The molecule has 0 unspecified atom stereocenters. The molecule has 0 radical (unpaired) electrons. The second kappa shape index (κ2) is 15.4. The Morgan fingerprint density at radius 1 is 0.643 bits per heavy atom. The summed E-state index contributed by atoms with van der Waals surface area (Å²) in [4.78, 5) is 0. The summed E-state index contributed by atoms with van der Waals surface area (Å²) >= 11 is 0. The molecule has 0 aromatic heterocycles. The second-order valence-corrected chi connectivity index (χ2v) is 8.08. The van der Waals surface area contributed by atoms with Crippen molar-refractivity contribution in [2.45, 2.75) is 107 Å². The van der Waals surface area contributed by atoms with E-state index < -0.39 is 0 Å². The molecule has 0 aliphatic rings. The topological polar surface area (TPSA) is 0 Å². The van der Waals surface area contributed by atoms with Crippen LogP contribution in [0.4, 0.5) is 0 Å². The minimum absolute atomic E-state index is 0.315. The molecule has 0 heteroatoms. The molecule has 0 aliphatic carbocycles.